The van der Waals surface area contributed by atoms with Gasteiger partial charge in [0.15, 0.2) is 0 Å². The first kappa shape index (κ1) is 33.6. The normalized spacial score (nSPS) is 11.4. The largest absolute Gasteiger partial charge is 0.455 e. The van der Waals surface area contributed by atoms with E-state index in [1.807, 2.05) is 0 Å². The summed E-state index contributed by atoms with van der Waals surface area (Å²) in [6, 6.07) is 80.6. The van der Waals surface area contributed by atoms with Gasteiger partial charge in [0.25, 0.3) is 0 Å². The third-order valence-electron chi connectivity index (χ3n) is 11.5. The molecule has 0 unspecified atom stereocenters. The van der Waals surface area contributed by atoms with Crippen LogP contribution in [0.1, 0.15) is 0 Å². The molecule has 1 heterocycles. The lowest BCUT2D eigenvalue weighted by Crippen LogP contribution is -2.10. The molecule has 0 radical (unpaired) electrons. The first-order valence-corrected chi connectivity index (χ1v) is 19.8. The second-order valence-electron chi connectivity index (χ2n) is 14.9. The molecule has 0 atom stereocenters. The van der Waals surface area contributed by atoms with E-state index in [0.29, 0.717) is 0 Å². The lowest BCUT2D eigenvalue weighted by molar-refractivity contribution is 0.673. The summed E-state index contributed by atoms with van der Waals surface area (Å²) in [7, 11) is 0. The molecule has 58 heavy (non-hydrogen) atoms. The lowest BCUT2D eigenvalue weighted by Gasteiger charge is -2.26. The summed E-state index contributed by atoms with van der Waals surface area (Å²) in [4.78, 5) is 2.35. The van der Waals surface area contributed by atoms with Crippen LogP contribution in [0.3, 0.4) is 0 Å². The zero-order valence-electron chi connectivity index (χ0n) is 31.7. The van der Waals surface area contributed by atoms with Crippen molar-refractivity contribution in [3.63, 3.8) is 0 Å². The number of nitrogens with zero attached hydrogens (tertiary/aromatic N) is 1. The zero-order chi connectivity index (χ0) is 38.4. The van der Waals surface area contributed by atoms with Gasteiger partial charge in [-0.1, -0.05) is 170 Å². The predicted octanol–water partition coefficient (Wildman–Crippen LogP) is 16.0. The van der Waals surface area contributed by atoms with Crippen LogP contribution in [0.5, 0.6) is 0 Å². The molecule has 272 valence electrons. The Labute approximate surface area is 337 Å². The minimum Gasteiger partial charge on any atom is -0.455 e. The number of furan rings is 1. The van der Waals surface area contributed by atoms with E-state index in [1.165, 1.54) is 49.5 Å². The van der Waals surface area contributed by atoms with E-state index in [2.05, 4.69) is 229 Å². The van der Waals surface area contributed by atoms with Crippen molar-refractivity contribution >= 4 is 60.5 Å². The highest BCUT2D eigenvalue weighted by Crippen LogP contribution is 2.42. The van der Waals surface area contributed by atoms with Crippen LogP contribution < -0.4 is 4.90 Å². The average molecular weight is 740 g/mol. The van der Waals surface area contributed by atoms with E-state index in [1.54, 1.807) is 0 Å². The van der Waals surface area contributed by atoms with Gasteiger partial charge in [-0.05, 0) is 115 Å². The number of fused-ring (bicyclic) bond motifs is 6. The highest BCUT2D eigenvalue weighted by Gasteiger charge is 2.17. The molecule has 0 saturated heterocycles. The van der Waals surface area contributed by atoms with E-state index in [0.717, 1.165) is 55.5 Å². The van der Waals surface area contributed by atoms with Crippen molar-refractivity contribution in [3.05, 3.63) is 224 Å². The summed E-state index contributed by atoms with van der Waals surface area (Å²) in [6.07, 6.45) is 0. The van der Waals surface area contributed by atoms with Gasteiger partial charge in [-0.15, -0.1) is 0 Å². The maximum atomic E-state index is 6.53. The standard InChI is InChI=1S/C56H37NO/c1-2-10-38(11-3-1)46-15-8-16-50(37-46)57(48-31-26-41(27-32-48)40-20-22-42(23-21-40)47-25-24-39-12-4-5-14-45(39)36-47)49-33-28-44(29-34-49)51-18-9-19-54-55(51)53-35-30-43-13-6-7-17-52(43)56(53)58-54/h1-37H. The van der Waals surface area contributed by atoms with Crippen LogP contribution in [0, 0.1) is 0 Å². The molecular weight excluding hydrogens is 703 g/mol. The van der Waals surface area contributed by atoms with Gasteiger partial charge >= 0.3 is 0 Å². The first-order chi connectivity index (χ1) is 28.7. The molecule has 10 aromatic carbocycles. The highest BCUT2D eigenvalue weighted by molar-refractivity contribution is 6.19. The summed E-state index contributed by atoms with van der Waals surface area (Å²) in [5.74, 6) is 0. The molecule has 11 rings (SSSR count). The molecule has 0 bridgehead atoms. The molecule has 11 aromatic rings. The van der Waals surface area contributed by atoms with Gasteiger partial charge in [-0.3, -0.25) is 0 Å². The van der Waals surface area contributed by atoms with Crippen molar-refractivity contribution in [2.45, 2.75) is 0 Å². The molecule has 1 aromatic heterocycles. The SMILES string of the molecule is c1ccc(-c2cccc(N(c3ccc(-c4ccc(-c5ccc6ccccc6c5)cc4)cc3)c3ccc(-c4cccc5oc6c7ccccc7ccc6c45)cc3)c2)cc1. The summed E-state index contributed by atoms with van der Waals surface area (Å²) in [5, 5.41) is 7.11. The van der Waals surface area contributed by atoms with E-state index < -0.39 is 0 Å². The molecule has 2 heteroatoms. The van der Waals surface area contributed by atoms with E-state index in [-0.39, 0.29) is 0 Å². The monoisotopic (exact) mass is 739 g/mol. The third kappa shape index (κ3) is 6.00. The van der Waals surface area contributed by atoms with Crippen molar-refractivity contribution < 1.29 is 4.42 Å². The number of hydrogen-bond acceptors (Lipinski definition) is 2. The summed E-state index contributed by atoms with van der Waals surface area (Å²) in [5.41, 5.74) is 14.6. The molecule has 0 amide bonds. The summed E-state index contributed by atoms with van der Waals surface area (Å²) < 4.78 is 6.53. The molecule has 2 nitrogen and oxygen atoms in total. The van der Waals surface area contributed by atoms with E-state index in [4.69, 9.17) is 4.42 Å². The molecule has 0 saturated carbocycles. The first-order valence-electron chi connectivity index (χ1n) is 19.8. The number of anilines is 3. The molecule has 0 N–H and O–H groups in total. The topological polar surface area (TPSA) is 16.4 Å². The second-order valence-corrected chi connectivity index (χ2v) is 14.9. The van der Waals surface area contributed by atoms with Crippen LogP contribution in [-0.4, -0.2) is 0 Å². The minimum absolute atomic E-state index is 0.899. The highest BCUT2D eigenvalue weighted by atomic mass is 16.3. The van der Waals surface area contributed by atoms with Crippen molar-refractivity contribution in [1.82, 2.24) is 0 Å². The molecule has 0 spiro atoms. The number of hydrogen-bond donors (Lipinski definition) is 0. The number of benzene rings is 10. The van der Waals surface area contributed by atoms with Crippen molar-refractivity contribution in [3.8, 4) is 44.5 Å². The van der Waals surface area contributed by atoms with Gasteiger partial charge < -0.3 is 9.32 Å². The Kier molecular flexibility index (Phi) is 8.19. The molecule has 0 aliphatic carbocycles. The molecular formula is C56H37NO. The van der Waals surface area contributed by atoms with Crippen LogP contribution >= 0.6 is 0 Å². The molecule has 0 fully saturated rings. The summed E-state index contributed by atoms with van der Waals surface area (Å²) in [6.45, 7) is 0. The maximum Gasteiger partial charge on any atom is 0.143 e. The van der Waals surface area contributed by atoms with Crippen LogP contribution in [0.15, 0.2) is 229 Å². The predicted molar refractivity (Wildman–Crippen MR) is 245 cm³/mol. The van der Waals surface area contributed by atoms with Crippen molar-refractivity contribution in [1.29, 1.82) is 0 Å². The maximum absolute atomic E-state index is 6.53. The second kappa shape index (κ2) is 14.1. The van der Waals surface area contributed by atoms with Gasteiger partial charge in [0.05, 0.1) is 0 Å². The van der Waals surface area contributed by atoms with Crippen LogP contribution in [0.25, 0.3) is 88.0 Å². The van der Waals surface area contributed by atoms with Crippen LogP contribution in [0.2, 0.25) is 0 Å². The zero-order valence-corrected chi connectivity index (χ0v) is 31.7. The fourth-order valence-corrected chi connectivity index (χ4v) is 8.51. The Bertz CT molecular complexity index is 3250. The quantitative estimate of drug-likeness (QED) is 0.162. The lowest BCUT2D eigenvalue weighted by atomic mass is 9.97. The third-order valence-corrected chi connectivity index (χ3v) is 11.5. The van der Waals surface area contributed by atoms with Gasteiger partial charge in [0.1, 0.15) is 11.2 Å². The van der Waals surface area contributed by atoms with Crippen molar-refractivity contribution in [2.75, 3.05) is 4.90 Å². The minimum atomic E-state index is 0.899. The van der Waals surface area contributed by atoms with Gasteiger partial charge in [-0.25, -0.2) is 0 Å². The van der Waals surface area contributed by atoms with E-state index >= 15 is 0 Å². The molecule has 0 aliphatic rings. The summed E-state index contributed by atoms with van der Waals surface area (Å²) >= 11 is 0. The number of rotatable bonds is 7. The van der Waals surface area contributed by atoms with Gasteiger partial charge in [0, 0.05) is 33.2 Å². The Morgan fingerprint density at radius 3 is 1.59 bits per heavy atom. The fourth-order valence-electron chi connectivity index (χ4n) is 8.51. The van der Waals surface area contributed by atoms with Gasteiger partial charge in [-0.2, -0.15) is 0 Å². The van der Waals surface area contributed by atoms with Crippen LogP contribution in [-0.2, 0) is 0 Å². The van der Waals surface area contributed by atoms with Gasteiger partial charge in [0.2, 0.25) is 0 Å². The van der Waals surface area contributed by atoms with Crippen molar-refractivity contribution in [2.24, 2.45) is 0 Å². The smallest absolute Gasteiger partial charge is 0.143 e. The van der Waals surface area contributed by atoms with Crippen LogP contribution in [0.4, 0.5) is 17.1 Å². The fraction of sp³-hybridized carbons (Fsp3) is 0. The van der Waals surface area contributed by atoms with E-state index in [9.17, 15) is 0 Å². The Morgan fingerprint density at radius 1 is 0.293 bits per heavy atom. The average Bonchev–Trinajstić information content (AvgIpc) is 3.70. The Balaban J connectivity index is 0.959. The molecule has 0 aliphatic heterocycles. The Morgan fingerprint density at radius 2 is 0.828 bits per heavy atom. The Hall–Kier alpha value is -7.68.